The lowest BCUT2D eigenvalue weighted by atomic mass is 9.83. The van der Waals surface area contributed by atoms with Gasteiger partial charge in [0.05, 0.1) is 17.9 Å². The number of hydrogen-bond donors (Lipinski definition) is 1. The van der Waals surface area contributed by atoms with Crippen molar-refractivity contribution in [3.05, 3.63) is 71.0 Å². The Morgan fingerprint density at radius 1 is 1.21 bits per heavy atom. The molecule has 3 atom stereocenters. The predicted molar refractivity (Wildman–Crippen MR) is 107 cm³/mol. The summed E-state index contributed by atoms with van der Waals surface area (Å²) >= 11 is 0. The molecule has 1 aliphatic heterocycles. The van der Waals surface area contributed by atoms with Crippen molar-refractivity contribution in [3.63, 3.8) is 0 Å². The fraction of sp³-hybridized carbons (Fsp3) is 0.350. The van der Waals surface area contributed by atoms with Gasteiger partial charge in [-0.3, -0.25) is 4.18 Å². The van der Waals surface area contributed by atoms with Crippen molar-refractivity contribution < 1.29 is 17.0 Å². The average Bonchev–Trinajstić information content (AvgIpc) is 3.15. The van der Waals surface area contributed by atoms with Gasteiger partial charge in [0.1, 0.15) is 11.9 Å². The Morgan fingerprint density at radius 3 is 2.46 bits per heavy atom. The number of nitriles is 1. The minimum absolute atomic E-state index is 0. The highest BCUT2D eigenvalue weighted by Gasteiger charge is 2.37. The summed E-state index contributed by atoms with van der Waals surface area (Å²) in [6.45, 7) is 0.775. The summed E-state index contributed by atoms with van der Waals surface area (Å²) in [5, 5.41) is 12.3. The highest BCUT2D eigenvalue weighted by molar-refractivity contribution is 7.86. The molecule has 1 saturated heterocycles. The minimum atomic E-state index is -3.73. The third-order valence-electron chi connectivity index (χ3n) is 4.72. The van der Waals surface area contributed by atoms with Crippen LogP contribution in [0.25, 0.3) is 0 Å². The van der Waals surface area contributed by atoms with Gasteiger partial charge in [-0.1, -0.05) is 24.3 Å². The lowest BCUT2D eigenvalue weighted by Gasteiger charge is -2.31. The molecular weight excluding hydrogens is 403 g/mol. The quantitative estimate of drug-likeness (QED) is 0.719. The Labute approximate surface area is 171 Å². The maximum absolute atomic E-state index is 13.9. The third kappa shape index (κ3) is 5.52. The van der Waals surface area contributed by atoms with Gasteiger partial charge in [0, 0.05) is 12.0 Å². The van der Waals surface area contributed by atoms with Crippen molar-refractivity contribution in [1.82, 2.24) is 5.32 Å². The van der Waals surface area contributed by atoms with E-state index in [1.165, 1.54) is 12.1 Å². The zero-order chi connectivity index (χ0) is 19.4. The summed E-state index contributed by atoms with van der Waals surface area (Å²) in [5.74, 6) is -0.901. The van der Waals surface area contributed by atoms with Gasteiger partial charge in [-0.2, -0.15) is 13.7 Å². The largest absolute Gasteiger partial charge is 0.311 e. The number of benzene rings is 2. The molecule has 0 aromatic heterocycles. The van der Waals surface area contributed by atoms with Crippen LogP contribution >= 0.6 is 12.4 Å². The second-order valence-corrected chi connectivity index (χ2v) is 8.33. The topological polar surface area (TPSA) is 79.2 Å². The van der Waals surface area contributed by atoms with E-state index < -0.39 is 28.0 Å². The molecule has 1 aliphatic rings. The SMILES string of the molecule is CS(=O)(=O)OC(C1CCCN1)C(c1ccc(C#N)cc1)c1cccc(F)c1.Cl. The summed E-state index contributed by atoms with van der Waals surface area (Å²) in [6.07, 6.45) is 1.98. The van der Waals surface area contributed by atoms with Crippen LogP contribution in [0.1, 0.15) is 35.4 Å². The number of nitrogens with zero attached hydrogens (tertiary/aromatic N) is 1. The van der Waals surface area contributed by atoms with Crippen LogP contribution in [0.2, 0.25) is 0 Å². The molecule has 0 bridgehead atoms. The Kier molecular flexibility index (Phi) is 7.55. The number of hydrogen-bond acceptors (Lipinski definition) is 5. The van der Waals surface area contributed by atoms with Crippen LogP contribution in [-0.4, -0.2) is 33.4 Å². The Balaban J connectivity index is 0.00000280. The van der Waals surface area contributed by atoms with Crippen LogP contribution in [0.4, 0.5) is 4.39 Å². The predicted octanol–water partition coefficient (Wildman–Crippen LogP) is 3.35. The van der Waals surface area contributed by atoms with Gasteiger partial charge < -0.3 is 5.32 Å². The monoisotopic (exact) mass is 424 g/mol. The van der Waals surface area contributed by atoms with Crippen molar-refractivity contribution in [2.45, 2.75) is 30.9 Å². The van der Waals surface area contributed by atoms with Crippen LogP contribution in [0.5, 0.6) is 0 Å². The van der Waals surface area contributed by atoms with E-state index in [1.54, 1.807) is 36.4 Å². The summed E-state index contributed by atoms with van der Waals surface area (Å²) in [7, 11) is -3.73. The molecule has 3 unspecified atom stereocenters. The van der Waals surface area contributed by atoms with E-state index in [9.17, 15) is 12.8 Å². The zero-order valence-electron chi connectivity index (χ0n) is 15.3. The van der Waals surface area contributed by atoms with Gasteiger partial charge in [-0.15, -0.1) is 12.4 Å². The third-order valence-corrected chi connectivity index (χ3v) is 5.29. The maximum Gasteiger partial charge on any atom is 0.264 e. The van der Waals surface area contributed by atoms with Crippen molar-refractivity contribution >= 4 is 22.5 Å². The van der Waals surface area contributed by atoms with E-state index in [0.29, 0.717) is 11.1 Å². The fourth-order valence-corrected chi connectivity index (χ4v) is 4.23. The second-order valence-electron chi connectivity index (χ2n) is 6.73. The highest BCUT2D eigenvalue weighted by Crippen LogP contribution is 2.35. The molecule has 1 fully saturated rings. The van der Waals surface area contributed by atoms with E-state index in [-0.39, 0.29) is 18.4 Å². The Hall–Kier alpha value is -1.98. The normalized spacial score (nSPS) is 18.7. The van der Waals surface area contributed by atoms with Gasteiger partial charge in [0.15, 0.2) is 0 Å². The molecule has 1 N–H and O–H groups in total. The van der Waals surface area contributed by atoms with Crippen LogP contribution < -0.4 is 5.32 Å². The van der Waals surface area contributed by atoms with Crippen LogP contribution in [-0.2, 0) is 14.3 Å². The van der Waals surface area contributed by atoms with Gasteiger partial charge in [-0.05, 0) is 54.8 Å². The van der Waals surface area contributed by atoms with Crippen LogP contribution in [0.3, 0.4) is 0 Å². The first-order valence-electron chi connectivity index (χ1n) is 8.74. The first-order valence-corrected chi connectivity index (χ1v) is 10.6. The molecule has 8 heteroatoms. The highest BCUT2D eigenvalue weighted by atomic mass is 35.5. The summed E-state index contributed by atoms with van der Waals surface area (Å²) in [4.78, 5) is 0. The lowest BCUT2D eigenvalue weighted by Crippen LogP contribution is -2.42. The maximum atomic E-state index is 13.9. The number of rotatable bonds is 6. The molecule has 0 amide bonds. The first kappa shape index (κ1) is 22.3. The summed E-state index contributed by atoms with van der Waals surface area (Å²) < 4.78 is 43.4. The first-order chi connectivity index (χ1) is 12.9. The zero-order valence-corrected chi connectivity index (χ0v) is 17.0. The average molecular weight is 425 g/mol. The smallest absolute Gasteiger partial charge is 0.264 e. The molecule has 5 nitrogen and oxygen atoms in total. The Bertz CT molecular complexity index is 939. The molecule has 2 aromatic carbocycles. The summed E-state index contributed by atoms with van der Waals surface area (Å²) in [5.41, 5.74) is 1.89. The van der Waals surface area contributed by atoms with E-state index in [1.807, 2.05) is 0 Å². The van der Waals surface area contributed by atoms with E-state index >= 15 is 0 Å². The molecule has 0 radical (unpaired) electrons. The van der Waals surface area contributed by atoms with Crippen molar-refractivity contribution in [2.75, 3.05) is 12.8 Å². The standard InChI is InChI=1S/C20H21FN2O3S.ClH/c1-27(24,25)26-20(18-6-3-11-23-18)19(16-4-2-5-17(21)12-16)15-9-7-14(13-22)8-10-15;/h2,4-5,7-10,12,18-20,23H,3,6,11H2,1H3;1H. The number of halogens is 2. The van der Waals surface area contributed by atoms with E-state index in [4.69, 9.17) is 9.44 Å². The molecule has 0 spiro atoms. The van der Waals surface area contributed by atoms with E-state index in [2.05, 4.69) is 11.4 Å². The molecule has 3 rings (SSSR count). The second kappa shape index (κ2) is 9.48. The van der Waals surface area contributed by atoms with Gasteiger partial charge >= 0.3 is 0 Å². The lowest BCUT2D eigenvalue weighted by molar-refractivity contribution is 0.153. The van der Waals surface area contributed by atoms with Crippen LogP contribution in [0.15, 0.2) is 48.5 Å². The minimum Gasteiger partial charge on any atom is -0.311 e. The molecule has 2 aromatic rings. The molecule has 1 heterocycles. The van der Waals surface area contributed by atoms with Gasteiger partial charge in [-0.25, -0.2) is 4.39 Å². The van der Waals surface area contributed by atoms with Crippen molar-refractivity contribution in [3.8, 4) is 6.07 Å². The Morgan fingerprint density at radius 2 is 1.93 bits per heavy atom. The molecule has 0 aliphatic carbocycles. The van der Waals surface area contributed by atoms with Gasteiger partial charge in [0.25, 0.3) is 10.1 Å². The van der Waals surface area contributed by atoms with Crippen LogP contribution in [0, 0.1) is 17.1 Å². The summed E-state index contributed by atoms with van der Waals surface area (Å²) in [6, 6.07) is 14.9. The molecule has 0 saturated carbocycles. The molecule has 150 valence electrons. The fourth-order valence-electron chi connectivity index (χ4n) is 3.59. The molecule has 28 heavy (non-hydrogen) atoms. The van der Waals surface area contributed by atoms with E-state index in [0.717, 1.165) is 31.2 Å². The van der Waals surface area contributed by atoms with Crippen molar-refractivity contribution in [2.24, 2.45) is 0 Å². The van der Waals surface area contributed by atoms with Gasteiger partial charge in [0.2, 0.25) is 0 Å². The molecular formula is C20H22ClFN2O3S. The number of nitrogens with one attached hydrogen (secondary N) is 1. The van der Waals surface area contributed by atoms with Crippen molar-refractivity contribution in [1.29, 1.82) is 5.26 Å².